The zero-order valence-corrected chi connectivity index (χ0v) is 17.3. The summed E-state index contributed by atoms with van der Waals surface area (Å²) in [4.78, 5) is 26.7. The molecule has 1 aliphatic carbocycles. The molecule has 28 heavy (non-hydrogen) atoms. The number of carbonyl (C=O) groups excluding carboxylic acids is 2. The number of hydrogen-bond donors (Lipinski definition) is 3. The lowest BCUT2D eigenvalue weighted by Crippen LogP contribution is -2.52. The Morgan fingerprint density at radius 3 is 2.86 bits per heavy atom. The number of aromatic nitrogens is 2. The number of carbonyl (C=O) groups is 2. The van der Waals surface area contributed by atoms with Crippen LogP contribution >= 0.6 is 0 Å². The van der Waals surface area contributed by atoms with Crippen LogP contribution in [0.4, 0.5) is 0 Å². The zero-order valence-electron chi connectivity index (χ0n) is 17.3. The van der Waals surface area contributed by atoms with Gasteiger partial charge in [-0.2, -0.15) is 5.10 Å². The highest BCUT2D eigenvalue weighted by Crippen LogP contribution is 2.53. The second-order valence-electron chi connectivity index (χ2n) is 9.01. The van der Waals surface area contributed by atoms with E-state index in [1.165, 1.54) is 6.92 Å². The maximum absolute atomic E-state index is 13.3. The van der Waals surface area contributed by atoms with Crippen molar-refractivity contribution in [1.82, 2.24) is 20.4 Å². The molecule has 1 aliphatic heterocycles. The van der Waals surface area contributed by atoms with E-state index in [1.54, 1.807) is 6.20 Å². The summed E-state index contributed by atoms with van der Waals surface area (Å²) in [6.45, 7) is 6.00. The number of H-pyrrole nitrogens is 1. The minimum Gasteiger partial charge on any atom is -0.390 e. The molecule has 7 heteroatoms. The van der Waals surface area contributed by atoms with Gasteiger partial charge >= 0.3 is 0 Å². The van der Waals surface area contributed by atoms with E-state index in [-0.39, 0.29) is 29.3 Å². The first-order valence-corrected chi connectivity index (χ1v) is 10.5. The Bertz CT molecular complexity index is 688. The molecule has 3 N–H and O–H groups in total. The molecule has 4 atom stereocenters. The van der Waals surface area contributed by atoms with Gasteiger partial charge in [0.05, 0.1) is 17.8 Å². The van der Waals surface area contributed by atoms with Gasteiger partial charge in [0.2, 0.25) is 11.8 Å². The predicted molar refractivity (Wildman–Crippen MR) is 106 cm³/mol. The number of rotatable bonds is 6. The normalized spacial score (nSPS) is 32.6. The van der Waals surface area contributed by atoms with E-state index in [0.29, 0.717) is 13.0 Å². The smallest absolute Gasteiger partial charge is 0.223 e. The monoisotopic (exact) mass is 390 g/mol. The number of nitrogens with one attached hydrogen (secondary N) is 2. The highest BCUT2D eigenvalue weighted by Gasteiger charge is 2.59. The average Bonchev–Trinajstić information content (AvgIpc) is 3.21. The van der Waals surface area contributed by atoms with E-state index in [2.05, 4.69) is 22.4 Å². The number of aliphatic hydroxyl groups is 1. The molecule has 1 aromatic rings. The van der Waals surface area contributed by atoms with E-state index < -0.39 is 5.60 Å². The number of fused-ring (bicyclic) bond motifs is 1. The average molecular weight is 391 g/mol. The van der Waals surface area contributed by atoms with Crippen molar-refractivity contribution >= 4 is 11.8 Å². The van der Waals surface area contributed by atoms with Gasteiger partial charge in [-0.15, -0.1) is 0 Å². The second-order valence-corrected chi connectivity index (χ2v) is 9.01. The van der Waals surface area contributed by atoms with E-state index >= 15 is 0 Å². The van der Waals surface area contributed by atoms with E-state index in [9.17, 15) is 14.7 Å². The van der Waals surface area contributed by atoms with Gasteiger partial charge in [-0.3, -0.25) is 14.7 Å². The van der Waals surface area contributed by atoms with Crippen molar-refractivity contribution in [1.29, 1.82) is 0 Å². The molecule has 1 aromatic heterocycles. The molecule has 2 heterocycles. The molecule has 2 amide bonds. The Morgan fingerprint density at radius 2 is 2.18 bits per heavy atom. The molecular formula is C21H34N4O3. The van der Waals surface area contributed by atoms with Crippen LogP contribution in [0.1, 0.15) is 71.3 Å². The van der Waals surface area contributed by atoms with Gasteiger partial charge in [-0.05, 0) is 44.6 Å². The summed E-state index contributed by atoms with van der Waals surface area (Å²) in [5.41, 5.74) is -0.0623. The Morgan fingerprint density at radius 1 is 1.39 bits per heavy atom. The third kappa shape index (κ3) is 4.09. The molecule has 2 fully saturated rings. The number of aromatic amines is 1. The summed E-state index contributed by atoms with van der Waals surface area (Å²) in [5.74, 6) is 0.0432. The van der Waals surface area contributed by atoms with Gasteiger partial charge in [0.1, 0.15) is 0 Å². The lowest BCUT2D eigenvalue weighted by molar-refractivity contribution is -0.138. The first kappa shape index (κ1) is 20.8. The van der Waals surface area contributed by atoms with Crippen molar-refractivity contribution in [3.63, 3.8) is 0 Å². The molecule has 2 aliphatic rings. The van der Waals surface area contributed by atoms with Crippen molar-refractivity contribution in [3.05, 3.63) is 18.0 Å². The Kier molecular flexibility index (Phi) is 6.12. The molecule has 3 rings (SSSR count). The number of amides is 2. The first-order chi connectivity index (χ1) is 13.2. The minimum absolute atomic E-state index is 0.0187. The van der Waals surface area contributed by atoms with Crippen LogP contribution in [-0.2, 0) is 16.0 Å². The lowest BCUT2D eigenvalue weighted by atomic mass is 9.67. The third-order valence-electron chi connectivity index (χ3n) is 7.03. The summed E-state index contributed by atoms with van der Waals surface area (Å²) in [5, 5.41) is 20.9. The van der Waals surface area contributed by atoms with Gasteiger partial charge in [0.15, 0.2) is 0 Å². The van der Waals surface area contributed by atoms with Crippen LogP contribution in [-0.4, -0.2) is 56.2 Å². The molecule has 156 valence electrons. The molecule has 0 aromatic carbocycles. The summed E-state index contributed by atoms with van der Waals surface area (Å²) in [6.07, 6.45) is 10.1. The summed E-state index contributed by atoms with van der Waals surface area (Å²) in [6, 6.07) is -0.0462. The molecule has 1 saturated heterocycles. The van der Waals surface area contributed by atoms with E-state index in [1.807, 2.05) is 18.0 Å². The first-order valence-electron chi connectivity index (χ1n) is 10.5. The lowest BCUT2D eigenvalue weighted by Gasteiger charge is -2.44. The zero-order chi connectivity index (χ0) is 20.4. The van der Waals surface area contributed by atoms with Crippen LogP contribution in [0.25, 0.3) is 0 Å². The second kappa shape index (κ2) is 8.23. The van der Waals surface area contributed by atoms with Gasteiger partial charge in [-0.1, -0.05) is 19.8 Å². The Labute approximate surface area is 167 Å². The predicted octanol–water partition coefficient (Wildman–Crippen LogP) is 2.17. The number of likely N-dealkylation sites (tertiary alicyclic amines) is 1. The third-order valence-corrected chi connectivity index (χ3v) is 7.03. The molecule has 1 saturated carbocycles. The molecule has 0 spiro atoms. The van der Waals surface area contributed by atoms with Crippen molar-refractivity contribution in [2.24, 2.45) is 5.41 Å². The SMILES string of the molecule is CC(=O)NC[C@H]1C[C@]2(C)[C@@H](CCCC[C@]2(C)O)N1C(=O)CCCc1cn[nH]c1. The van der Waals surface area contributed by atoms with Crippen LogP contribution in [0.5, 0.6) is 0 Å². The Balaban J connectivity index is 1.76. The highest BCUT2D eigenvalue weighted by atomic mass is 16.3. The van der Waals surface area contributed by atoms with Crippen molar-refractivity contribution in [2.45, 2.75) is 89.8 Å². The molecule has 7 nitrogen and oxygen atoms in total. The van der Waals surface area contributed by atoms with Crippen molar-refractivity contribution in [3.8, 4) is 0 Å². The topological polar surface area (TPSA) is 98.3 Å². The number of aryl methyl sites for hydroxylation is 1. The molecular weight excluding hydrogens is 356 g/mol. The fraction of sp³-hybridized carbons (Fsp3) is 0.762. The molecule has 0 radical (unpaired) electrons. The van der Waals surface area contributed by atoms with Crippen LogP contribution in [0.15, 0.2) is 12.4 Å². The van der Waals surface area contributed by atoms with Gasteiger partial charge in [-0.25, -0.2) is 0 Å². The van der Waals surface area contributed by atoms with Crippen molar-refractivity contribution < 1.29 is 14.7 Å². The highest BCUT2D eigenvalue weighted by molar-refractivity contribution is 5.78. The van der Waals surface area contributed by atoms with Crippen LogP contribution in [0.2, 0.25) is 0 Å². The van der Waals surface area contributed by atoms with E-state index in [0.717, 1.165) is 50.5 Å². The fourth-order valence-electron chi connectivity index (χ4n) is 5.21. The number of nitrogens with zero attached hydrogens (tertiary/aromatic N) is 2. The fourth-order valence-corrected chi connectivity index (χ4v) is 5.21. The maximum atomic E-state index is 13.3. The quantitative estimate of drug-likeness (QED) is 0.693. The van der Waals surface area contributed by atoms with Gasteiger partial charge in [0, 0.05) is 37.5 Å². The van der Waals surface area contributed by atoms with Crippen molar-refractivity contribution in [2.75, 3.05) is 6.54 Å². The maximum Gasteiger partial charge on any atom is 0.223 e. The molecule has 0 unspecified atom stereocenters. The summed E-state index contributed by atoms with van der Waals surface area (Å²) in [7, 11) is 0. The van der Waals surface area contributed by atoms with E-state index in [4.69, 9.17) is 0 Å². The summed E-state index contributed by atoms with van der Waals surface area (Å²) < 4.78 is 0. The van der Waals surface area contributed by atoms with Gasteiger partial charge < -0.3 is 15.3 Å². The summed E-state index contributed by atoms with van der Waals surface area (Å²) >= 11 is 0. The van der Waals surface area contributed by atoms with Crippen LogP contribution < -0.4 is 5.32 Å². The standard InChI is InChI=1S/C21H34N4O3/c1-15(26)22-14-17-11-20(2)18(8-4-5-10-21(20,3)28)25(17)19(27)9-6-7-16-12-23-24-13-16/h12-13,17-18,28H,4-11,14H2,1-3H3,(H,22,26)(H,23,24)/t17-,18-,20-,21+/m1/s1. The van der Waals surface area contributed by atoms with Crippen LogP contribution in [0, 0.1) is 5.41 Å². The Hall–Kier alpha value is -1.89. The van der Waals surface area contributed by atoms with Gasteiger partial charge in [0.25, 0.3) is 0 Å². The number of hydrogen-bond acceptors (Lipinski definition) is 4. The molecule has 0 bridgehead atoms. The largest absolute Gasteiger partial charge is 0.390 e. The van der Waals surface area contributed by atoms with Crippen LogP contribution in [0.3, 0.4) is 0 Å². The minimum atomic E-state index is -0.811.